The molecule has 1 aliphatic rings. The fourth-order valence-electron chi connectivity index (χ4n) is 9.67. The Kier molecular flexibility index (Phi) is 56.8. The van der Waals surface area contributed by atoms with Crippen molar-refractivity contribution < 1.29 is 39.8 Å². The van der Waals surface area contributed by atoms with Crippen molar-refractivity contribution in [2.45, 2.75) is 301 Å². The molecule has 1 fully saturated rings. The molecule has 1 aliphatic heterocycles. The SMILES string of the molecule is CC/C=C\C/C=C\C/C=C\C/C=C\C/C=C\C/C=C\C/C=C\C/C=C\C/C=C\C/C=C\CCCCCCCCCCCCC(=O)NC(COC1OC(CO)C(O)C(O)C1O)C(O)/C=C/CC/C=C/CCCCCCCCCCCCCCC. The smallest absolute Gasteiger partial charge is 0.220 e. The van der Waals surface area contributed by atoms with Gasteiger partial charge in [-0.05, 0) is 109 Å². The monoisotopic (exact) mass is 1150 g/mol. The molecule has 472 valence electrons. The molecule has 1 rings (SSSR count). The maximum absolute atomic E-state index is 13.1. The molecule has 0 aliphatic carbocycles. The predicted molar refractivity (Wildman–Crippen MR) is 354 cm³/mol. The van der Waals surface area contributed by atoms with E-state index in [4.69, 9.17) is 9.47 Å². The molecule has 1 heterocycles. The molecule has 0 bridgehead atoms. The van der Waals surface area contributed by atoms with E-state index in [0.29, 0.717) is 6.42 Å². The number of ether oxygens (including phenoxy) is 2. The largest absolute Gasteiger partial charge is 0.394 e. The Balaban J connectivity index is 2.16. The van der Waals surface area contributed by atoms with Crippen LogP contribution in [0, 0.1) is 0 Å². The number of amides is 1. The Morgan fingerprint density at radius 2 is 0.759 bits per heavy atom. The highest BCUT2D eigenvalue weighted by molar-refractivity contribution is 5.76. The number of carbonyl (C=O) groups is 1. The third-order valence-corrected chi connectivity index (χ3v) is 14.9. The molecule has 9 nitrogen and oxygen atoms in total. The van der Waals surface area contributed by atoms with Gasteiger partial charge < -0.3 is 40.3 Å². The minimum absolute atomic E-state index is 0.196. The molecule has 83 heavy (non-hydrogen) atoms. The van der Waals surface area contributed by atoms with Gasteiger partial charge in [-0.15, -0.1) is 0 Å². The molecule has 7 unspecified atom stereocenters. The van der Waals surface area contributed by atoms with E-state index in [-0.39, 0.29) is 12.5 Å². The first-order valence-corrected chi connectivity index (χ1v) is 33.6. The van der Waals surface area contributed by atoms with Gasteiger partial charge >= 0.3 is 0 Å². The average Bonchev–Trinajstić information content (AvgIpc) is 3.61. The van der Waals surface area contributed by atoms with Gasteiger partial charge in [-0.25, -0.2) is 0 Å². The minimum Gasteiger partial charge on any atom is -0.394 e. The van der Waals surface area contributed by atoms with Crippen LogP contribution in [0.3, 0.4) is 0 Å². The molecule has 6 N–H and O–H groups in total. The van der Waals surface area contributed by atoms with Crippen LogP contribution in [-0.4, -0.2) is 87.5 Å². The molecule has 0 saturated carbocycles. The van der Waals surface area contributed by atoms with Crippen molar-refractivity contribution in [1.82, 2.24) is 5.32 Å². The molecule has 7 atom stereocenters. The third kappa shape index (κ3) is 50.0. The van der Waals surface area contributed by atoms with E-state index in [0.717, 1.165) is 116 Å². The summed E-state index contributed by atoms with van der Waals surface area (Å²) in [5.41, 5.74) is 0. The second-order valence-electron chi connectivity index (χ2n) is 22.5. The van der Waals surface area contributed by atoms with Crippen LogP contribution >= 0.6 is 0 Å². The number of carbonyl (C=O) groups excluding carboxylic acids is 1. The van der Waals surface area contributed by atoms with Crippen LogP contribution in [0.5, 0.6) is 0 Å². The highest BCUT2D eigenvalue weighted by Gasteiger charge is 2.44. The average molecular weight is 1150 g/mol. The number of nitrogens with one attached hydrogen (secondary N) is 1. The highest BCUT2D eigenvalue weighted by atomic mass is 16.7. The topological polar surface area (TPSA) is 149 Å². The van der Waals surface area contributed by atoms with Crippen LogP contribution in [0.4, 0.5) is 0 Å². The Hall–Kier alpha value is -3.93. The van der Waals surface area contributed by atoms with Crippen molar-refractivity contribution in [3.63, 3.8) is 0 Å². The summed E-state index contributed by atoms with van der Waals surface area (Å²) in [6.45, 7) is 3.65. The Bertz CT molecular complexity index is 1820. The maximum Gasteiger partial charge on any atom is 0.220 e. The van der Waals surface area contributed by atoms with E-state index >= 15 is 0 Å². The summed E-state index contributed by atoms with van der Waals surface area (Å²) < 4.78 is 11.3. The highest BCUT2D eigenvalue weighted by Crippen LogP contribution is 2.23. The van der Waals surface area contributed by atoms with E-state index in [1.165, 1.54) is 122 Å². The van der Waals surface area contributed by atoms with Crippen molar-refractivity contribution in [2.75, 3.05) is 13.2 Å². The number of hydrogen-bond acceptors (Lipinski definition) is 8. The van der Waals surface area contributed by atoms with Gasteiger partial charge in [0, 0.05) is 6.42 Å². The predicted octanol–water partition coefficient (Wildman–Crippen LogP) is 18.2. The summed E-state index contributed by atoms with van der Waals surface area (Å²) in [5.74, 6) is -0.196. The molecule has 9 heteroatoms. The zero-order valence-electron chi connectivity index (χ0n) is 52.6. The minimum atomic E-state index is -1.58. The molecule has 0 aromatic heterocycles. The van der Waals surface area contributed by atoms with Gasteiger partial charge in [-0.2, -0.15) is 0 Å². The lowest BCUT2D eigenvalue weighted by Gasteiger charge is -2.40. The molecule has 0 aromatic rings. The second kappa shape index (κ2) is 61.2. The number of unbranched alkanes of at least 4 members (excludes halogenated alkanes) is 24. The lowest BCUT2D eigenvalue weighted by Crippen LogP contribution is -2.60. The fourth-order valence-corrected chi connectivity index (χ4v) is 9.67. The molecule has 1 saturated heterocycles. The van der Waals surface area contributed by atoms with Gasteiger partial charge in [0.2, 0.25) is 5.91 Å². The Morgan fingerprint density at radius 3 is 1.16 bits per heavy atom. The molecule has 0 radical (unpaired) electrons. The third-order valence-electron chi connectivity index (χ3n) is 14.9. The number of hydrogen-bond donors (Lipinski definition) is 6. The first kappa shape index (κ1) is 77.1. The van der Waals surface area contributed by atoms with Crippen LogP contribution in [-0.2, 0) is 14.3 Å². The molecular weight excluding hydrogens is 1030 g/mol. The van der Waals surface area contributed by atoms with Crippen LogP contribution in [0.15, 0.2) is 146 Å². The van der Waals surface area contributed by atoms with Crippen molar-refractivity contribution in [3.8, 4) is 0 Å². The van der Waals surface area contributed by atoms with Gasteiger partial charge in [0.15, 0.2) is 6.29 Å². The van der Waals surface area contributed by atoms with E-state index < -0.39 is 49.5 Å². The van der Waals surface area contributed by atoms with Crippen molar-refractivity contribution in [1.29, 1.82) is 0 Å². The summed E-state index contributed by atoms with van der Waals surface area (Å²) in [5, 5.41) is 54.6. The van der Waals surface area contributed by atoms with Crippen molar-refractivity contribution >= 4 is 5.91 Å². The van der Waals surface area contributed by atoms with Gasteiger partial charge in [0.25, 0.3) is 0 Å². The summed E-state index contributed by atoms with van der Waals surface area (Å²) in [7, 11) is 0. The normalized spacial score (nSPS) is 19.2. The molecule has 1 amide bonds. The Labute approximate surface area is 508 Å². The number of allylic oxidation sites excluding steroid dienone is 23. The first-order chi connectivity index (χ1) is 40.8. The zero-order valence-corrected chi connectivity index (χ0v) is 52.6. The fraction of sp³-hybridized carbons (Fsp3) is 0.662. The summed E-state index contributed by atoms with van der Waals surface area (Å²) in [6, 6.07) is -0.834. The van der Waals surface area contributed by atoms with E-state index in [9.17, 15) is 30.3 Å². The zero-order chi connectivity index (χ0) is 60.0. The van der Waals surface area contributed by atoms with E-state index in [2.05, 4.69) is 153 Å². The molecule has 0 aromatic carbocycles. The number of aliphatic hydroxyl groups is 5. The van der Waals surface area contributed by atoms with Crippen LogP contribution in [0.2, 0.25) is 0 Å². The van der Waals surface area contributed by atoms with Crippen LogP contribution in [0.1, 0.15) is 258 Å². The van der Waals surface area contributed by atoms with Crippen LogP contribution in [0.25, 0.3) is 0 Å². The lowest BCUT2D eigenvalue weighted by atomic mass is 9.99. The Morgan fingerprint density at radius 1 is 0.422 bits per heavy atom. The first-order valence-electron chi connectivity index (χ1n) is 33.6. The number of aliphatic hydroxyl groups excluding tert-OH is 5. The van der Waals surface area contributed by atoms with Gasteiger partial charge in [0.1, 0.15) is 24.4 Å². The maximum atomic E-state index is 13.1. The standard InChI is InChI=1S/C74H123NO8/c1-3-5-7-9-11-13-15-17-19-21-23-24-25-26-27-28-29-30-31-32-33-34-35-36-37-38-39-40-41-42-43-44-46-48-50-52-54-56-58-60-62-64-70(78)75-67(66-82-74-73(81)72(80)71(79)69(65-76)83-74)68(77)63-61-59-57-55-53-51-49-47-45-22-20-18-16-14-12-10-8-6-4-2/h5,7,11,13,17,19,23-24,26-27,29-30,32-33,35-36,38-39,41-42,53,55,61,63,67-69,71-74,76-77,79-81H,3-4,6,8-10,12,14-16,18,20-22,25,28,31,34,37,40,43-52,54,56-60,62,64-66H2,1-2H3,(H,75,78)/b7-5-,13-11-,19-17-,24-23-,27-26-,30-29-,33-32-,36-35-,39-38-,42-41-,55-53+,63-61+. The summed E-state index contributed by atoms with van der Waals surface area (Å²) in [4.78, 5) is 13.1. The van der Waals surface area contributed by atoms with E-state index in [1.807, 2.05) is 6.08 Å². The molecular formula is C74H123NO8. The van der Waals surface area contributed by atoms with Gasteiger partial charge in [0.05, 0.1) is 25.4 Å². The quantitative estimate of drug-likeness (QED) is 0.0261. The van der Waals surface area contributed by atoms with E-state index in [1.54, 1.807) is 6.08 Å². The molecule has 0 spiro atoms. The van der Waals surface area contributed by atoms with Crippen molar-refractivity contribution in [2.24, 2.45) is 0 Å². The lowest BCUT2D eigenvalue weighted by molar-refractivity contribution is -0.302. The van der Waals surface area contributed by atoms with Crippen molar-refractivity contribution in [3.05, 3.63) is 146 Å². The second-order valence-corrected chi connectivity index (χ2v) is 22.5. The van der Waals surface area contributed by atoms with Crippen LogP contribution < -0.4 is 5.32 Å². The van der Waals surface area contributed by atoms with Gasteiger partial charge in [-0.3, -0.25) is 4.79 Å². The summed E-state index contributed by atoms with van der Waals surface area (Å²) in [6.07, 6.45) is 87.9. The summed E-state index contributed by atoms with van der Waals surface area (Å²) >= 11 is 0. The van der Waals surface area contributed by atoms with Gasteiger partial charge in [-0.1, -0.05) is 288 Å². The number of rotatable bonds is 56.